The van der Waals surface area contributed by atoms with E-state index in [1.165, 1.54) is 0 Å². The number of carbonyl (C=O) groups is 1. The maximum atomic E-state index is 11.6. The van der Waals surface area contributed by atoms with Crippen LogP contribution in [0.15, 0.2) is 23.8 Å². The van der Waals surface area contributed by atoms with Gasteiger partial charge in [0.25, 0.3) is 0 Å². The Labute approximate surface area is 112 Å². The number of esters is 1. The van der Waals surface area contributed by atoms with Crippen molar-refractivity contribution in [3.05, 3.63) is 23.8 Å². The van der Waals surface area contributed by atoms with Gasteiger partial charge >= 0.3 is 5.97 Å². The quantitative estimate of drug-likeness (QED) is 0.393. The van der Waals surface area contributed by atoms with Crippen LogP contribution in [0.1, 0.15) is 33.1 Å². The zero-order valence-electron chi connectivity index (χ0n) is 11.3. The lowest BCUT2D eigenvalue weighted by Gasteiger charge is -2.33. The summed E-state index contributed by atoms with van der Waals surface area (Å²) in [6, 6.07) is 0. The zero-order valence-corrected chi connectivity index (χ0v) is 11.3. The Morgan fingerprint density at radius 2 is 2.11 bits per heavy atom. The van der Waals surface area contributed by atoms with Crippen molar-refractivity contribution in [1.29, 1.82) is 0 Å². The number of carbonyl (C=O) groups excluding carboxylic acids is 1. The summed E-state index contributed by atoms with van der Waals surface area (Å²) in [4.78, 5) is 11.6. The van der Waals surface area contributed by atoms with Gasteiger partial charge < -0.3 is 14.9 Å². The summed E-state index contributed by atoms with van der Waals surface area (Å²) in [7, 11) is 0. The maximum Gasteiger partial charge on any atom is 0.334 e. The Morgan fingerprint density at radius 1 is 1.42 bits per heavy atom. The molecule has 3 aliphatic rings. The first-order chi connectivity index (χ1) is 8.72. The lowest BCUT2D eigenvalue weighted by molar-refractivity contribution is -0.140. The summed E-state index contributed by atoms with van der Waals surface area (Å²) in [6.07, 6.45) is 3.15. The van der Waals surface area contributed by atoms with E-state index in [0.29, 0.717) is 24.8 Å². The van der Waals surface area contributed by atoms with Crippen LogP contribution in [-0.4, -0.2) is 33.5 Å². The molecule has 5 atom stereocenters. The zero-order chi connectivity index (χ0) is 14.0. The first kappa shape index (κ1) is 12.9. The summed E-state index contributed by atoms with van der Waals surface area (Å²) >= 11 is 0. The summed E-state index contributed by atoms with van der Waals surface area (Å²) in [5.41, 5.74) is -0.532. The molecule has 0 aromatic rings. The Kier molecular flexibility index (Phi) is 2.51. The van der Waals surface area contributed by atoms with E-state index in [2.05, 4.69) is 6.58 Å². The van der Waals surface area contributed by atoms with Crippen molar-refractivity contribution in [3.63, 3.8) is 0 Å². The Bertz CT molecular complexity index is 486. The minimum absolute atomic E-state index is 0.0977. The molecular formula is C15H20O4. The molecule has 0 aromatic heterocycles. The van der Waals surface area contributed by atoms with Crippen LogP contribution in [0.4, 0.5) is 0 Å². The molecule has 0 radical (unpaired) electrons. The van der Waals surface area contributed by atoms with Gasteiger partial charge in [-0.05, 0) is 32.3 Å². The number of hydrogen-bond acceptors (Lipinski definition) is 4. The lowest BCUT2D eigenvalue weighted by Crippen LogP contribution is -2.37. The second kappa shape index (κ2) is 3.70. The predicted molar refractivity (Wildman–Crippen MR) is 69.2 cm³/mol. The van der Waals surface area contributed by atoms with Crippen molar-refractivity contribution >= 4 is 5.97 Å². The van der Waals surface area contributed by atoms with Gasteiger partial charge in [0.2, 0.25) is 0 Å². The molecule has 1 saturated carbocycles. The monoisotopic (exact) mass is 264 g/mol. The van der Waals surface area contributed by atoms with E-state index in [0.717, 1.165) is 5.57 Å². The van der Waals surface area contributed by atoms with Crippen LogP contribution < -0.4 is 0 Å². The summed E-state index contributed by atoms with van der Waals surface area (Å²) in [5, 5.41) is 21.2. The lowest BCUT2D eigenvalue weighted by atomic mass is 9.78. The molecule has 1 heterocycles. The smallest absolute Gasteiger partial charge is 0.334 e. The van der Waals surface area contributed by atoms with Gasteiger partial charge in [-0.25, -0.2) is 4.79 Å². The van der Waals surface area contributed by atoms with Crippen LogP contribution in [0.3, 0.4) is 0 Å². The van der Waals surface area contributed by atoms with E-state index in [4.69, 9.17) is 4.74 Å². The highest BCUT2D eigenvalue weighted by molar-refractivity contribution is 5.90. The molecule has 2 fully saturated rings. The molecule has 19 heavy (non-hydrogen) atoms. The fourth-order valence-corrected chi connectivity index (χ4v) is 3.82. The first-order valence-corrected chi connectivity index (χ1v) is 6.77. The second-order valence-electron chi connectivity index (χ2n) is 6.56. The first-order valence-electron chi connectivity index (χ1n) is 6.77. The second-order valence-corrected chi connectivity index (χ2v) is 6.56. The molecule has 3 rings (SSSR count). The van der Waals surface area contributed by atoms with Gasteiger partial charge in [0, 0.05) is 23.8 Å². The Balaban J connectivity index is 2.02. The standard InChI is InChI=1S/C15H20O4/c1-8-9-6-11-10(4-5-14(11,2)17)15(3,18)7-12(9)19-13(8)16/h4,9,11-12,17-18H,1,5-7H2,2-3H3/t9-,11-,12-,14+,15+/m0/s1. The molecule has 0 bridgehead atoms. The number of hydrogen-bond donors (Lipinski definition) is 2. The highest BCUT2D eigenvalue weighted by Gasteiger charge is 2.54. The minimum atomic E-state index is -1.03. The maximum absolute atomic E-state index is 11.6. The van der Waals surface area contributed by atoms with E-state index in [-0.39, 0.29) is 23.9 Å². The third kappa shape index (κ3) is 1.77. The van der Waals surface area contributed by atoms with Crippen LogP contribution in [0.25, 0.3) is 0 Å². The Morgan fingerprint density at radius 3 is 2.79 bits per heavy atom. The molecule has 104 valence electrons. The van der Waals surface area contributed by atoms with E-state index in [1.54, 1.807) is 13.8 Å². The molecule has 1 aliphatic heterocycles. The van der Waals surface area contributed by atoms with Crippen LogP contribution in [0.5, 0.6) is 0 Å². The molecule has 0 spiro atoms. The van der Waals surface area contributed by atoms with Crippen LogP contribution in [0, 0.1) is 11.8 Å². The van der Waals surface area contributed by atoms with Gasteiger partial charge in [-0.1, -0.05) is 12.7 Å². The van der Waals surface area contributed by atoms with Crippen molar-refractivity contribution in [2.45, 2.75) is 50.4 Å². The topological polar surface area (TPSA) is 66.8 Å². The van der Waals surface area contributed by atoms with E-state index in [1.807, 2.05) is 6.08 Å². The number of fused-ring (bicyclic) bond motifs is 2. The molecular weight excluding hydrogens is 244 g/mol. The van der Waals surface area contributed by atoms with E-state index < -0.39 is 11.2 Å². The molecule has 4 heteroatoms. The van der Waals surface area contributed by atoms with Gasteiger partial charge in [0.05, 0.1) is 11.2 Å². The summed E-state index contributed by atoms with van der Waals surface area (Å²) in [6.45, 7) is 7.34. The number of rotatable bonds is 0. The normalized spacial score (nSPS) is 49.3. The molecule has 0 aromatic carbocycles. The summed E-state index contributed by atoms with van der Waals surface area (Å²) in [5.74, 6) is -0.598. The Hall–Kier alpha value is -1.13. The molecule has 2 aliphatic carbocycles. The third-order valence-corrected chi connectivity index (χ3v) is 4.99. The molecule has 0 amide bonds. The average Bonchev–Trinajstić information content (AvgIpc) is 2.66. The largest absolute Gasteiger partial charge is 0.458 e. The van der Waals surface area contributed by atoms with Crippen LogP contribution >= 0.6 is 0 Å². The van der Waals surface area contributed by atoms with Crippen LogP contribution in [0.2, 0.25) is 0 Å². The van der Waals surface area contributed by atoms with Crippen molar-refractivity contribution in [1.82, 2.24) is 0 Å². The van der Waals surface area contributed by atoms with Gasteiger partial charge in [0.15, 0.2) is 0 Å². The van der Waals surface area contributed by atoms with Crippen LogP contribution in [-0.2, 0) is 9.53 Å². The average molecular weight is 264 g/mol. The van der Waals surface area contributed by atoms with Gasteiger partial charge in [0.1, 0.15) is 6.10 Å². The number of ether oxygens (including phenoxy) is 1. The summed E-state index contributed by atoms with van der Waals surface area (Å²) < 4.78 is 5.32. The SMILES string of the molecule is C=C1C(=O)O[C@H]2C[C@@](C)(O)C3=CC[C@@](C)(O)[C@H]3C[C@@H]12. The fourth-order valence-electron chi connectivity index (χ4n) is 3.82. The van der Waals surface area contributed by atoms with Gasteiger partial charge in [-0.2, -0.15) is 0 Å². The molecule has 1 saturated heterocycles. The number of aliphatic hydroxyl groups is 2. The van der Waals surface area contributed by atoms with Crippen molar-refractivity contribution in [2.75, 3.05) is 0 Å². The molecule has 0 unspecified atom stereocenters. The third-order valence-electron chi connectivity index (χ3n) is 4.99. The van der Waals surface area contributed by atoms with E-state index in [9.17, 15) is 15.0 Å². The van der Waals surface area contributed by atoms with Gasteiger partial charge in [-0.15, -0.1) is 0 Å². The highest BCUT2D eigenvalue weighted by Crippen LogP contribution is 2.51. The molecule has 4 nitrogen and oxygen atoms in total. The highest BCUT2D eigenvalue weighted by atomic mass is 16.6. The minimum Gasteiger partial charge on any atom is -0.458 e. The van der Waals surface area contributed by atoms with Gasteiger partial charge in [-0.3, -0.25) is 0 Å². The van der Waals surface area contributed by atoms with E-state index >= 15 is 0 Å². The van der Waals surface area contributed by atoms with Crippen molar-refractivity contribution in [3.8, 4) is 0 Å². The molecule has 2 N–H and O–H groups in total. The predicted octanol–water partition coefficient (Wildman–Crippen LogP) is 1.33. The van der Waals surface area contributed by atoms with Crippen molar-refractivity contribution in [2.24, 2.45) is 11.8 Å². The fraction of sp³-hybridized carbons (Fsp3) is 0.667. The van der Waals surface area contributed by atoms with Crippen molar-refractivity contribution < 1.29 is 19.7 Å².